The van der Waals surface area contributed by atoms with Crippen LogP contribution in [0.2, 0.25) is 0 Å². The molecule has 0 aromatic heterocycles. The van der Waals surface area contributed by atoms with Gasteiger partial charge in [-0.05, 0) is 37.6 Å². The molecule has 4 nitrogen and oxygen atoms in total. The fourth-order valence-corrected chi connectivity index (χ4v) is 1.81. The molecular weight excluding hydrogens is 254 g/mol. The minimum absolute atomic E-state index is 0.567. The van der Waals surface area contributed by atoms with Crippen LogP contribution in [0.5, 0.6) is 11.5 Å². The van der Waals surface area contributed by atoms with Crippen LogP contribution in [0, 0.1) is 5.92 Å². The molecule has 0 heterocycles. The summed E-state index contributed by atoms with van der Waals surface area (Å²) in [5.74, 6) is 2.37. The molecule has 20 heavy (non-hydrogen) atoms. The Morgan fingerprint density at radius 2 is 2.00 bits per heavy atom. The summed E-state index contributed by atoms with van der Waals surface area (Å²) in [7, 11) is 1.68. The van der Waals surface area contributed by atoms with Crippen molar-refractivity contribution in [2.24, 2.45) is 5.92 Å². The largest absolute Gasteiger partial charge is 0.497 e. The molecule has 0 saturated carbocycles. The molecule has 0 fully saturated rings. The van der Waals surface area contributed by atoms with E-state index in [0.717, 1.165) is 36.8 Å². The first kappa shape index (κ1) is 16.8. The Labute approximate surface area is 122 Å². The molecule has 0 spiro atoms. The first-order valence-electron chi connectivity index (χ1n) is 7.25. The predicted octanol–water partition coefficient (Wildman–Crippen LogP) is 2.86. The first-order chi connectivity index (χ1) is 9.67. The van der Waals surface area contributed by atoms with Crippen molar-refractivity contribution >= 4 is 0 Å². The van der Waals surface area contributed by atoms with Gasteiger partial charge in [0.1, 0.15) is 18.1 Å². The highest BCUT2D eigenvalue weighted by Crippen LogP contribution is 2.24. The zero-order valence-electron chi connectivity index (χ0n) is 13.1. The molecule has 1 N–H and O–H groups in total. The number of benzene rings is 1. The smallest absolute Gasteiger partial charge is 0.124 e. The quantitative estimate of drug-likeness (QED) is 0.669. The van der Waals surface area contributed by atoms with Crippen LogP contribution in [0.25, 0.3) is 0 Å². The van der Waals surface area contributed by atoms with E-state index in [4.69, 9.17) is 14.2 Å². The van der Waals surface area contributed by atoms with Gasteiger partial charge in [0, 0.05) is 18.7 Å². The van der Waals surface area contributed by atoms with E-state index in [2.05, 4.69) is 19.2 Å². The van der Waals surface area contributed by atoms with Crippen molar-refractivity contribution in [3.63, 3.8) is 0 Å². The van der Waals surface area contributed by atoms with E-state index in [-0.39, 0.29) is 0 Å². The summed E-state index contributed by atoms with van der Waals surface area (Å²) in [6.07, 6.45) is 0. The van der Waals surface area contributed by atoms with Crippen LogP contribution < -0.4 is 14.8 Å². The van der Waals surface area contributed by atoms with E-state index in [1.54, 1.807) is 7.11 Å². The Hall–Kier alpha value is -1.26. The number of methoxy groups -OCH3 is 1. The van der Waals surface area contributed by atoms with Crippen molar-refractivity contribution in [1.82, 2.24) is 5.32 Å². The average Bonchev–Trinajstić information content (AvgIpc) is 2.44. The third-order valence-corrected chi connectivity index (χ3v) is 2.83. The molecule has 0 aliphatic rings. The Morgan fingerprint density at radius 1 is 1.20 bits per heavy atom. The van der Waals surface area contributed by atoms with Crippen molar-refractivity contribution in [3.8, 4) is 11.5 Å². The maximum Gasteiger partial charge on any atom is 0.124 e. The molecule has 0 bridgehead atoms. The summed E-state index contributed by atoms with van der Waals surface area (Å²) < 4.78 is 16.3. The zero-order chi connectivity index (χ0) is 14.8. The SMILES string of the molecule is CCOCCOc1ccc(OC)cc1CNCC(C)C. The summed E-state index contributed by atoms with van der Waals surface area (Å²) in [5.41, 5.74) is 1.11. The Kier molecular flexibility index (Phi) is 8.07. The van der Waals surface area contributed by atoms with Gasteiger partial charge in [-0.15, -0.1) is 0 Å². The van der Waals surface area contributed by atoms with Crippen LogP contribution in [0.4, 0.5) is 0 Å². The first-order valence-corrected chi connectivity index (χ1v) is 7.25. The van der Waals surface area contributed by atoms with Crippen molar-refractivity contribution in [2.45, 2.75) is 27.3 Å². The van der Waals surface area contributed by atoms with Crippen molar-refractivity contribution in [2.75, 3.05) is 33.5 Å². The van der Waals surface area contributed by atoms with E-state index < -0.39 is 0 Å². The van der Waals surface area contributed by atoms with E-state index in [0.29, 0.717) is 19.1 Å². The normalized spacial score (nSPS) is 10.8. The third kappa shape index (κ3) is 6.26. The van der Waals surface area contributed by atoms with E-state index in [9.17, 15) is 0 Å². The van der Waals surface area contributed by atoms with Gasteiger partial charge in [0.2, 0.25) is 0 Å². The molecular formula is C16H27NO3. The summed E-state index contributed by atoms with van der Waals surface area (Å²) in [5, 5.41) is 3.43. The molecule has 0 aliphatic carbocycles. The highest BCUT2D eigenvalue weighted by atomic mass is 16.5. The van der Waals surface area contributed by atoms with Gasteiger partial charge in [0.05, 0.1) is 13.7 Å². The molecule has 0 radical (unpaired) electrons. The second kappa shape index (κ2) is 9.61. The summed E-state index contributed by atoms with van der Waals surface area (Å²) >= 11 is 0. The number of hydrogen-bond acceptors (Lipinski definition) is 4. The summed E-state index contributed by atoms with van der Waals surface area (Å²) in [6, 6.07) is 5.89. The van der Waals surface area contributed by atoms with Crippen molar-refractivity contribution in [3.05, 3.63) is 23.8 Å². The monoisotopic (exact) mass is 281 g/mol. The molecule has 1 aromatic carbocycles. The van der Waals surface area contributed by atoms with Crippen LogP contribution in [0.1, 0.15) is 26.3 Å². The predicted molar refractivity (Wildman–Crippen MR) is 81.5 cm³/mol. The maximum atomic E-state index is 5.78. The lowest BCUT2D eigenvalue weighted by atomic mass is 10.1. The van der Waals surface area contributed by atoms with Crippen molar-refractivity contribution in [1.29, 1.82) is 0 Å². The lowest BCUT2D eigenvalue weighted by molar-refractivity contribution is 0.109. The topological polar surface area (TPSA) is 39.7 Å². The maximum absolute atomic E-state index is 5.78. The van der Waals surface area contributed by atoms with Crippen molar-refractivity contribution < 1.29 is 14.2 Å². The third-order valence-electron chi connectivity index (χ3n) is 2.83. The van der Waals surface area contributed by atoms with Gasteiger partial charge < -0.3 is 19.5 Å². The van der Waals surface area contributed by atoms with Gasteiger partial charge in [0.25, 0.3) is 0 Å². The average molecular weight is 281 g/mol. The van der Waals surface area contributed by atoms with Crippen LogP contribution in [-0.4, -0.2) is 33.5 Å². The molecule has 114 valence electrons. The number of nitrogens with one attached hydrogen (secondary N) is 1. The van der Waals surface area contributed by atoms with Crippen LogP contribution >= 0.6 is 0 Å². The minimum Gasteiger partial charge on any atom is -0.497 e. The molecule has 0 saturated heterocycles. The van der Waals surface area contributed by atoms with Crippen LogP contribution in [-0.2, 0) is 11.3 Å². The fourth-order valence-electron chi connectivity index (χ4n) is 1.81. The molecule has 1 aromatic rings. The lowest BCUT2D eigenvalue weighted by Gasteiger charge is -2.14. The number of ether oxygens (including phenoxy) is 3. The molecule has 0 amide bonds. The molecule has 0 aliphatic heterocycles. The molecule has 0 atom stereocenters. The second-order valence-corrected chi connectivity index (χ2v) is 5.04. The van der Waals surface area contributed by atoms with Gasteiger partial charge >= 0.3 is 0 Å². The number of rotatable bonds is 10. The van der Waals surface area contributed by atoms with E-state index in [1.165, 1.54) is 0 Å². The lowest BCUT2D eigenvalue weighted by Crippen LogP contribution is -2.19. The molecule has 4 heteroatoms. The standard InChI is InChI=1S/C16H27NO3/c1-5-19-8-9-20-16-7-6-15(18-4)10-14(16)12-17-11-13(2)3/h6-7,10,13,17H,5,8-9,11-12H2,1-4H3. The molecule has 1 rings (SSSR count). The van der Waals surface area contributed by atoms with E-state index >= 15 is 0 Å². The zero-order valence-corrected chi connectivity index (χ0v) is 13.1. The Balaban J connectivity index is 2.60. The van der Waals surface area contributed by atoms with Gasteiger partial charge in [-0.2, -0.15) is 0 Å². The van der Waals surface area contributed by atoms with Gasteiger partial charge in [0.15, 0.2) is 0 Å². The number of hydrogen-bond donors (Lipinski definition) is 1. The minimum atomic E-state index is 0.567. The summed E-state index contributed by atoms with van der Waals surface area (Å²) in [4.78, 5) is 0. The van der Waals surface area contributed by atoms with Crippen LogP contribution in [0.15, 0.2) is 18.2 Å². The second-order valence-electron chi connectivity index (χ2n) is 5.04. The Bertz CT molecular complexity index is 380. The van der Waals surface area contributed by atoms with Crippen LogP contribution in [0.3, 0.4) is 0 Å². The van der Waals surface area contributed by atoms with Gasteiger partial charge in [-0.25, -0.2) is 0 Å². The van der Waals surface area contributed by atoms with E-state index in [1.807, 2.05) is 25.1 Å². The Morgan fingerprint density at radius 3 is 2.65 bits per heavy atom. The molecule has 0 unspecified atom stereocenters. The summed E-state index contributed by atoms with van der Waals surface area (Å²) in [6.45, 7) is 10.0. The highest BCUT2D eigenvalue weighted by molar-refractivity contribution is 5.40. The van der Waals surface area contributed by atoms with Gasteiger partial charge in [-0.3, -0.25) is 0 Å². The fraction of sp³-hybridized carbons (Fsp3) is 0.625. The highest BCUT2D eigenvalue weighted by Gasteiger charge is 2.06. The van der Waals surface area contributed by atoms with Gasteiger partial charge in [-0.1, -0.05) is 13.8 Å².